The van der Waals surface area contributed by atoms with Gasteiger partial charge < -0.3 is 20.3 Å². The third-order valence-electron chi connectivity index (χ3n) is 5.67. The molecule has 0 unspecified atom stereocenters. The summed E-state index contributed by atoms with van der Waals surface area (Å²) in [6.45, 7) is 4.55. The monoisotopic (exact) mass is 451 g/mol. The lowest BCUT2D eigenvalue weighted by molar-refractivity contribution is 0.248. The number of rotatable bonds is 7. The number of methoxy groups -OCH3 is 1. The number of anilines is 2. The molecule has 1 fully saturated rings. The Balaban J connectivity index is 1.22. The summed E-state index contributed by atoms with van der Waals surface area (Å²) < 4.78 is 9.84. The van der Waals surface area contributed by atoms with Crippen molar-refractivity contribution in [3.8, 4) is 5.75 Å². The number of nitrogens with one attached hydrogen (secondary N) is 2. The lowest BCUT2D eigenvalue weighted by atomic mass is 9.97. The van der Waals surface area contributed by atoms with Crippen LogP contribution in [0.1, 0.15) is 29.8 Å². The lowest BCUT2D eigenvalue weighted by Crippen LogP contribution is -2.39. The van der Waals surface area contributed by atoms with E-state index in [9.17, 15) is 4.79 Å². The summed E-state index contributed by atoms with van der Waals surface area (Å²) in [5, 5.41) is 6.89. The van der Waals surface area contributed by atoms with Crippen molar-refractivity contribution < 1.29 is 9.53 Å². The molecule has 0 aliphatic carbocycles. The molecule has 4 rings (SSSR count). The molecule has 0 spiro atoms. The number of amides is 2. The summed E-state index contributed by atoms with van der Waals surface area (Å²) >= 11 is 1.46. The second-order valence-corrected chi connectivity index (χ2v) is 8.89. The zero-order valence-corrected chi connectivity index (χ0v) is 19.3. The highest BCUT2D eigenvalue weighted by Crippen LogP contribution is 2.25. The van der Waals surface area contributed by atoms with Crippen LogP contribution in [0.25, 0.3) is 0 Å². The molecule has 1 saturated heterocycles. The molecule has 32 heavy (non-hydrogen) atoms. The van der Waals surface area contributed by atoms with Gasteiger partial charge in [0.1, 0.15) is 11.6 Å². The van der Waals surface area contributed by atoms with Crippen LogP contribution in [0.4, 0.5) is 15.6 Å². The number of benzene rings is 2. The van der Waals surface area contributed by atoms with E-state index in [2.05, 4.69) is 26.0 Å². The van der Waals surface area contributed by atoms with Gasteiger partial charge in [0.05, 0.1) is 7.11 Å². The summed E-state index contributed by atoms with van der Waals surface area (Å²) in [5.41, 5.74) is 3.08. The summed E-state index contributed by atoms with van der Waals surface area (Å²) in [4.78, 5) is 19.2. The fraction of sp³-hybridized carbons (Fsp3) is 0.375. The minimum atomic E-state index is -0.149. The van der Waals surface area contributed by atoms with Gasteiger partial charge in [-0.3, -0.25) is 0 Å². The highest BCUT2D eigenvalue weighted by molar-refractivity contribution is 7.09. The minimum Gasteiger partial charge on any atom is -0.497 e. The topological polar surface area (TPSA) is 79.4 Å². The Morgan fingerprint density at radius 1 is 1.19 bits per heavy atom. The molecule has 0 bridgehead atoms. The molecule has 0 radical (unpaired) electrons. The Bertz CT molecular complexity index is 1050. The van der Waals surface area contributed by atoms with Crippen LogP contribution < -0.4 is 20.3 Å². The number of hydrogen-bond donors (Lipinski definition) is 2. The second-order valence-electron chi connectivity index (χ2n) is 8.16. The van der Waals surface area contributed by atoms with E-state index >= 15 is 0 Å². The largest absolute Gasteiger partial charge is 0.497 e. The van der Waals surface area contributed by atoms with Crippen LogP contribution in [0.5, 0.6) is 5.75 Å². The smallest absolute Gasteiger partial charge is 0.319 e. The first kappa shape index (κ1) is 22.1. The molecule has 1 aromatic heterocycles. The van der Waals surface area contributed by atoms with Gasteiger partial charge in [-0.15, -0.1) is 0 Å². The Kier molecular flexibility index (Phi) is 7.21. The van der Waals surface area contributed by atoms with E-state index < -0.39 is 0 Å². The van der Waals surface area contributed by atoms with Crippen LogP contribution in [-0.4, -0.2) is 42.1 Å². The van der Waals surface area contributed by atoms with Crippen molar-refractivity contribution in [1.82, 2.24) is 14.7 Å². The fourth-order valence-electron chi connectivity index (χ4n) is 3.87. The first-order valence-electron chi connectivity index (χ1n) is 10.9. The number of carbonyl (C=O) groups is 1. The summed E-state index contributed by atoms with van der Waals surface area (Å²) in [5.74, 6) is 2.16. The molecule has 0 saturated carbocycles. The van der Waals surface area contributed by atoms with E-state index in [0.717, 1.165) is 59.5 Å². The van der Waals surface area contributed by atoms with Gasteiger partial charge in [0.2, 0.25) is 5.13 Å². The molecule has 2 heterocycles. The third kappa shape index (κ3) is 5.97. The molecule has 168 valence electrons. The predicted octanol–water partition coefficient (Wildman–Crippen LogP) is 4.48. The molecule has 3 aromatic rings. The number of ether oxygens (including phenoxy) is 1. The molecule has 7 nitrogen and oxygen atoms in total. The van der Waals surface area contributed by atoms with Crippen LogP contribution in [0.2, 0.25) is 0 Å². The maximum absolute atomic E-state index is 12.2. The summed E-state index contributed by atoms with van der Waals surface area (Å²) in [7, 11) is 1.67. The molecule has 2 amide bonds. The number of carbonyl (C=O) groups excluding carboxylic acids is 1. The minimum absolute atomic E-state index is 0.149. The number of aromatic nitrogens is 2. The average Bonchev–Trinajstić information content (AvgIpc) is 3.26. The average molecular weight is 452 g/mol. The van der Waals surface area contributed by atoms with E-state index in [1.807, 2.05) is 49.4 Å². The van der Waals surface area contributed by atoms with E-state index in [1.165, 1.54) is 11.5 Å². The van der Waals surface area contributed by atoms with Crippen LogP contribution >= 0.6 is 11.5 Å². The number of hydrogen-bond acceptors (Lipinski definition) is 6. The normalized spacial score (nSPS) is 14.2. The summed E-state index contributed by atoms with van der Waals surface area (Å²) in [6, 6.07) is 15.7. The maximum Gasteiger partial charge on any atom is 0.319 e. The summed E-state index contributed by atoms with van der Waals surface area (Å²) in [6.07, 6.45) is 2.75. The van der Waals surface area contributed by atoms with Crippen molar-refractivity contribution in [1.29, 1.82) is 0 Å². The molecule has 1 aliphatic heterocycles. The number of nitrogens with zero attached hydrogens (tertiary/aromatic N) is 3. The van der Waals surface area contributed by atoms with Gasteiger partial charge in [0.25, 0.3) is 0 Å². The van der Waals surface area contributed by atoms with Gasteiger partial charge in [0, 0.05) is 43.3 Å². The predicted molar refractivity (Wildman–Crippen MR) is 129 cm³/mol. The molecule has 0 atom stereocenters. The molecule has 1 aliphatic rings. The fourth-order valence-corrected chi connectivity index (χ4v) is 4.61. The third-order valence-corrected chi connectivity index (χ3v) is 6.48. The molecule has 2 aromatic carbocycles. The van der Waals surface area contributed by atoms with E-state index in [4.69, 9.17) is 9.72 Å². The standard InChI is InChI=1S/C24H29N5O2S/c1-17-5-3-7-20(13-17)26-23(30)25-16-18-9-11-29(12-10-18)24-27-22(28-32-24)15-19-6-4-8-21(14-19)31-2/h3-8,13-14,18H,9-12,15-16H2,1-2H3,(H2,25,26,30). The zero-order valence-electron chi connectivity index (χ0n) is 18.5. The maximum atomic E-state index is 12.2. The van der Waals surface area contributed by atoms with Crippen molar-refractivity contribution >= 4 is 28.4 Å². The molecule has 8 heteroatoms. The van der Waals surface area contributed by atoms with Crippen LogP contribution in [0.15, 0.2) is 48.5 Å². The lowest BCUT2D eigenvalue weighted by Gasteiger charge is -2.31. The van der Waals surface area contributed by atoms with Crippen molar-refractivity contribution in [2.75, 3.05) is 37.0 Å². The molecular formula is C24H29N5O2S. The Morgan fingerprint density at radius 2 is 2.00 bits per heavy atom. The van der Waals surface area contributed by atoms with Crippen LogP contribution in [-0.2, 0) is 6.42 Å². The van der Waals surface area contributed by atoms with Gasteiger partial charge in [-0.25, -0.2) is 9.78 Å². The van der Waals surface area contributed by atoms with E-state index in [-0.39, 0.29) is 6.03 Å². The van der Waals surface area contributed by atoms with E-state index in [0.29, 0.717) is 18.9 Å². The first-order chi connectivity index (χ1) is 15.6. The molecular weight excluding hydrogens is 422 g/mol. The van der Waals surface area contributed by atoms with Crippen molar-refractivity contribution in [2.45, 2.75) is 26.2 Å². The highest BCUT2D eigenvalue weighted by atomic mass is 32.1. The number of urea groups is 1. The second kappa shape index (κ2) is 10.5. The number of aryl methyl sites for hydroxylation is 1. The SMILES string of the molecule is COc1cccc(Cc2nsc(N3CCC(CNC(=O)Nc4cccc(C)c4)CC3)n2)c1. The van der Waals surface area contributed by atoms with Gasteiger partial charge in [-0.2, -0.15) is 4.37 Å². The molecule has 2 N–H and O–H groups in total. The Labute approximate surface area is 193 Å². The van der Waals surface area contributed by atoms with Crippen molar-refractivity contribution in [3.05, 3.63) is 65.5 Å². The quantitative estimate of drug-likeness (QED) is 0.554. The Morgan fingerprint density at radius 3 is 2.78 bits per heavy atom. The zero-order chi connectivity index (χ0) is 22.3. The van der Waals surface area contributed by atoms with Gasteiger partial charge in [0.15, 0.2) is 0 Å². The first-order valence-corrected chi connectivity index (χ1v) is 11.7. The number of piperidine rings is 1. The van der Waals surface area contributed by atoms with Crippen LogP contribution in [0, 0.1) is 12.8 Å². The van der Waals surface area contributed by atoms with Crippen molar-refractivity contribution in [3.63, 3.8) is 0 Å². The van der Waals surface area contributed by atoms with Crippen LogP contribution in [0.3, 0.4) is 0 Å². The van der Waals surface area contributed by atoms with E-state index in [1.54, 1.807) is 7.11 Å². The Hall–Kier alpha value is -3.13. The van der Waals surface area contributed by atoms with Gasteiger partial charge in [-0.1, -0.05) is 24.3 Å². The van der Waals surface area contributed by atoms with Crippen molar-refractivity contribution in [2.24, 2.45) is 5.92 Å². The van der Waals surface area contributed by atoms with Gasteiger partial charge in [-0.05, 0) is 61.1 Å². The highest BCUT2D eigenvalue weighted by Gasteiger charge is 2.22. The van der Waals surface area contributed by atoms with Gasteiger partial charge >= 0.3 is 6.03 Å².